The number of aryl methyl sites for hydroxylation is 2. The zero-order valence-corrected chi connectivity index (χ0v) is 13.4. The van der Waals surface area contributed by atoms with Crippen LogP contribution in [-0.4, -0.2) is 0 Å². The predicted octanol–water partition coefficient (Wildman–Crippen LogP) is 5.04. The number of hydrogen-bond acceptors (Lipinski definition) is 3. The largest absolute Gasteiger partial charge is 0.305 e. The van der Waals surface area contributed by atoms with Gasteiger partial charge in [0.25, 0.3) is 0 Å². The molecule has 0 fully saturated rings. The van der Waals surface area contributed by atoms with Crippen LogP contribution in [0.25, 0.3) is 0 Å². The van der Waals surface area contributed by atoms with Crippen LogP contribution in [0, 0.1) is 13.8 Å². The van der Waals surface area contributed by atoms with Gasteiger partial charge < -0.3 is 5.32 Å². The van der Waals surface area contributed by atoms with E-state index < -0.39 is 0 Å². The van der Waals surface area contributed by atoms with Gasteiger partial charge in [-0.15, -0.1) is 22.7 Å². The number of hydrogen-bond donors (Lipinski definition) is 1. The monoisotopic (exact) mass is 329 g/mol. The molecule has 0 saturated carbocycles. The Bertz CT molecular complexity index is 482. The summed E-state index contributed by atoms with van der Waals surface area (Å²) in [5, 5.41) is 5.70. The summed E-state index contributed by atoms with van der Waals surface area (Å²) in [5.41, 5.74) is 1.40. The average Bonchev–Trinajstić information content (AvgIpc) is 2.83. The minimum absolute atomic E-state index is 0.395. The molecule has 0 saturated heterocycles. The topological polar surface area (TPSA) is 12.0 Å². The summed E-state index contributed by atoms with van der Waals surface area (Å²) in [5.74, 6) is 0. The molecule has 92 valence electrons. The van der Waals surface area contributed by atoms with Gasteiger partial charge in [-0.05, 0) is 59.8 Å². The van der Waals surface area contributed by atoms with E-state index in [1.165, 1.54) is 24.7 Å². The van der Waals surface area contributed by atoms with Crippen molar-refractivity contribution in [1.29, 1.82) is 0 Å². The fourth-order valence-corrected chi connectivity index (χ4v) is 4.45. The van der Waals surface area contributed by atoms with Crippen molar-refractivity contribution in [3.8, 4) is 0 Å². The SMILES string of the molecule is Cc1cc(CNC(C)c2sccc2Br)sc1C. The fraction of sp³-hybridized carbons (Fsp3) is 0.385. The van der Waals surface area contributed by atoms with E-state index in [2.05, 4.69) is 59.5 Å². The lowest BCUT2D eigenvalue weighted by molar-refractivity contribution is 0.585. The van der Waals surface area contributed by atoms with E-state index >= 15 is 0 Å². The lowest BCUT2D eigenvalue weighted by Gasteiger charge is -2.11. The summed E-state index contributed by atoms with van der Waals surface area (Å²) >= 11 is 7.26. The number of rotatable bonds is 4. The number of halogens is 1. The van der Waals surface area contributed by atoms with Crippen molar-refractivity contribution in [2.45, 2.75) is 33.4 Å². The van der Waals surface area contributed by atoms with Crippen molar-refractivity contribution in [2.24, 2.45) is 0 Å². The fourth-order valence-electron chi connectivity index (χ4n) is 1.70. The minimum atomic E-state index is 0.395. The highest BCUT2D eigenvalue weighted by Crippen LogP contribution is 2.29. The Balaban J connectivity index is 1.97. The van der Waals surface area contributed by atoms with E-state index in [0.29, 0.717) is 6.04 Å². The Morgan fingerprint density at radius 3 is 2.71 bits per heavy atom. The Hall–Kier alpha value is -0.160. The van der Waals surface area contributed by atoms with E-state index in [9.17, 15) is 0 Å². The van der Waals surface area contributed by atoms with E-state index in [1.807, 2.05) is 11.3 Å². The van der Waals surface area contributed by atoms with E-state index in [-0.39, 0.29) is 0 Å². The van der Waals surface area contributed by atoms with Crippen molar-refractivity contribution < 1.29 is 0 Å². The lowest BCUT2D eigenvalue weighted by Crippen LogP contribution is -2.16. The second kappa shape index (κ2) is 5.65. The van der Waals surface area contributed by atoms with Crippen molar-refractivity contribution in [3.63, 3.8) is 0 Å². The molecule has 0 aliphatic carbocycles. The van der Waals surface area contributed by atoms with Crippen LogP contribution >= 0.6 is 38.6 Å². The van der Waals surface area contributed by atoms with Crippen LogP contribution in [-0.2, 0) is 6.54 Å². The zero-order valence-electron chi connectivity index (χ0n) is 10.2. The molecule has 1 N–H and O–H groups in total. The molecule has 0 aliphatic heterocycles. The van der Waals surface area contributed by atoms with Crippen LogP contribution in [0.1, 0.15) is 33.2 Å². The highest BCUT2D eigenvalue weighted by Gasteiger charge is 2.10. The van der Waals surface area contributed by atoms with Gasteiger partial charge in [0.2, 0.25) is 0 Å². The van der Waals surface area contributed by atoms with Crippen LogP contribution in [0.5, 0.6) is 0 Å². The van der Waals surface area contributed by atoms with E-state index in [1.54, 1.807) is 11.3 Å². The lowest BCUT2D eigenvalue weighted by atomic mass is 10.2. The van der Waals surface area contributed by atoms with Gasteiger partial charge in [-0.3, -0.25) is 0 Å². The van der Waals surface area contributed by atoms with Crippen LogP contribution < -0.4 is 5.32 Å². The molecular formula is C13H16BrNS2. The van der Waals surface area contributed by atoms with Crippen LogP contribution in [0.15, 0.2) is 22.0 Å². The molecule has 0 amide bonds. The van der Waals surface area contributed by atoms with Crippen LogP contribution in [0.2, 0.25) is 0 Å². The van der Waals surface area contributed by atoms with Gasteiger partial charge in [-0.25, -0.2) is 0 Å². The molecule has 0 aliphatic rings. The third kappa shape index (κ3) is 3.19. The predicted molar refractivity (Wildman–Crippen MR) is 81.1 cm³/mol. The molecule has 0 radical (unpaired) electrons. The molecule has 2 heterocycles. The maximum Gasteiger partial charge on any atom is 0.0400 e. The molecule has 2 aromatic heterocycles. The molecule has 1 unspecified atom stereocenters. The van der Waals surface area contributed by atoms with Crippen LogP contribution in [0.4, 0.5) is 0 Å². The Morgan fingerprint density at radius 2 is 2.18 bits per heavy atom. The van der Waals surface area contributed by atoms with Gasteiger partial charge in [-0.1, -0.05) is 0 Å². The third-order valence-electron chi connectivity index (χ3n) is 2.84. The molecule has 0 aromatic carbocycles. The normalized spacial score (nSPS) is 12.9. The Kier molecular flexibility index (Phi) is 4.42. The Labute approximate surface area is 119 Å². The molecule has 2 rings (SSSR count). The standard InChI is InChI=1S/C13H16BrNS2/c1-8-6-11(17-10(8)3)7-15-9(2)13-12(14)4-5-16-13/h4-6,9,15H,7H2,1-3H3. The summed E-state index contributed by atoms with van der Waals surface area (Å²) in [7, 11) is 0. The molecule has 2 aromatic rings. The van der Waals surface area contributed by atoms with E-state index in [4.69, 9.17) is 0 Å². The van der Waals surface area contributed by atoms with Crippen molar-refractivity contribution in [1.82, 2.24) is 5.32 Å². The first kappa shape index (κ1) is 13.3. The second-order valence-corrected chi connectivity index (χ2v) is 7.33. The van der Waals surface area contributed by atoms with Gasteiger partial charge in [0.1, 0.15) is 0 Å². The highest BCUT2D eigenvalue weighted by atomic mass is 79.9. The zero-order chi connectivity index (χ0) is 12.4. The smallest absolute Gasteiger partial charge is 0.0400 e. The van der Waals surface area contributed by atoms with Crippen LogP contribution in [0.3, 0.4) is 0 Å². The average molecular weight is 330 g/mol. The summed E-state index contributed by atoms with van der Waals surface area (Å²) in [6.07, 6.45) is 0. The maximum absolute atomic E-state index is 3.58. The quantitative estimate of drug-likeness (QED) is 0.828. The van der Waals surface area contributed by atoms with Gasteiger partial charge in [0, 0.05) is 31.7 Å². The molecule has 4 heteroatoms. The molecule has 1 nitrogen and oxygen atoms in total. The minimum Gasteiger partial charge on any atom is -0.305 e. The second-order valence-electron chi connectivity index (χ2n) is 4.19. The Morgan fingerprint density at radius 1 is 1.41 bits per heavy atom. The van der Waals surface area contributed by atoms with Gasteiger partial charge in [0.05, 0.1) is 0 Å². The first-order valence-electron chi connectivity index (χ1n) is 5.60. The van der Waals surface area contributed by atoms with Gasteiger partial charge in [-0.2, -0.15) is 0 Å². The van der Waals surface area contributed by atoms with Crippen molar-refractivity contribution >= 4 is 38.6 Å². The molecule has 1 atom stereocenters. The first-order valence-corrected chi connectivity index (χ1v) is 8.09. The van der Waals surface area contributed by atoms with Crippen molar-refractivity contribution in [3.05, 3.63) is 42.2 Å². The maximum atomic E-state index is 3.58. The molecule has 0 bridgehead atoms. The first-order chi connectivity index (χ1) is 8.08. The molecular weight excluding hydrogens is 314 g/mol. The number of thiophene rings is 2. The highest BCUT2D eigenvalue weighted by molar-refractivity contribution is 9.10. The summed E-state index contributed by atoms with van der Waals surface area (Å²) < 4.78 is 1.21. The summed E-state index contributed by atoms with van der Waals surface area (Å²) in [6.45, 7) is 7.52. The van der Waals surface area contributed by atoms with E-state index in [0.717, 1.165) is 6.54 Å². The van der Waals surface area contributed by atoms with Gasteiger partial charge in [0.15, 0.2) is 0 Å². The number of nitrogens with one attached hydrogen (secondary N) is 1. The summed E-state index contributed by atoms with van der Waals surface area (Å²) in [4.78, 5) is 4.21. The third-order valence-corrected chi connectivity index (χ3v) is 6.04. The molecule has 17 heavy (non-hydrogen) atoms. The summed E-state index contributed by atoms with van der Waals surface area (Å²) in [6, 6.07) is 4.79. The molecule has 0 spiro atoms. The van der Waals surface area contributed by atoms with Crippen molar-refractivity contribution in [2.75, 3.05) is 0 Å². The van der Waals surface area contributed by atoms with Gasteiger partial charge >= 0.3 is 0 Å².